The van der Waals surface area contributed by atoms with Crippen molar-refractivity contribution in [3.05, 3.63) is 54.6 Å². The zero-order chi connectivity index (χ0) is 14.8. The van der Waals surface area contributed by atoms with Gasteiger partial charge in [-0.1, -0.05) is 42.5 Å². The highest BCUT2D eigenvalue weighted by Crippen LogP contribution is 2.34. The minimum atomic E-state index is 0.401. The highest BCUT2D eigenvalue weighted by atomic mass is 16.5. The summed E-state index contributed by atoms with van der Waals surface area (Å²) in [6, 6.07) is 17.3. The van der Waals surface area contributed by atoms with E-state index in [0.717, 1.165) is 11.1 Å². The van der Waals surface area contributed by atoms with Gasteiger partial charge in [0.1, 0.15) is 11.4 Å². The van der Waals surface area contributed by atoms with E-state index in [1.54, 1.807) is 7.11 Å². The molecule has 106 valence electrons. The Kier molecular flexibility index (Phi) is 3.23. The first-order valence-electron chi connectivity index (χ1n) is 6.54. The van der Waals surface area contributed by atoms with Gasteiger partial charge in [0.15, 0.2) is 11.6 Å². The van der Waals surface area contributed by atoms with Crippen LogP contribution in [0, 0.1) is 0 Å². The molecule has 0 bridgehead atoms. The number of benzene rings is 2. The van der Waals surface area contributed by atoms with Crippen LogP contribution in [-0.2, 0) is 0 Å². The van der Waals surface area contributed by atoms with Gasteiger partial charge in [-0.05, 0) is 12.1 Å². The van der Waals surface area contributed by atoms with Crippen LogP contribution in [0.5, 0.6) is 5.75 Å². The summed E-state index contributed by atoms with van der Waals surface area (Å²) in [7, 11) is 1.62. The minimum absolute atomic E-state index is 0.401. The second-order valence-electron chi connectivity index (χ2n) is 4.61. The molecule has 0 atom stereocenters. The molecule has 1 aromatic heterocycles. The summed E-state index contributed by atoms with van der Waals surface area (Å²) in [5.74, 6) is 7.78. The van der Waals surface area contributed by atoms with Gasteiger partial charge >= 0.3 is 0 Å². The van der Waals surface area contributed by atoms with Crippen LogP contribution in [0.25, 0.3) is 22.6 Å². The summed E-state index contributed by atoms with van der Waals surface area (Å²) in [6.45, 7) is 0. The third kappa shape index (κ3) is 2.18. The van der Waals surface area contributed by atoms with Crippen LogP contribution in [0.15, 0.2) is 54.6 Å². The van der Waals surface area contributed by atoms with Crippen molar-refractivity contribution in [2.75, 3.05) is 18.7 Å². The van der Waals surface area contributed by atoms with E-state index in [-0.39, 0.29) is 0 Å². The van der Waals surface area contributed by atoms with Crippen LogP contribution < -0.4 is 16.3 Å². The lowest BCUT2D eigenvalue weighted by Crippen LogP contribution is -2.13. The second-order valence-corrected chi connectivity index (χ2v) is 4.61. The number of imidazole rings is 1. The van der Waals surface area contributed by atoms with Gasteiger partial charge in [0, 0.05) is 11.1 Å². The van der Waals surface area contributed by atoms with Gasteiger partial charge < -0.3 is 16.3 Å². The fourth-order valence-corrected chi connectivity index (χ4v) is 2.27. The molecule has 21 heavy (non-hydrogen) atoms. The van der Waals surface area contributed by atoms with Gasteiger partial charge in [-0.25, -0.2) is 9.66 Å². The van der Waals surface area contributed by atoms with Crippen molar-refractivity contribution in [2.24, 2.45) is 0 Å². The summed E-state index contributed by atoms with van der Waals surface area (Å²) in [4.78, 5) is 4.59. The molecule has 0 aliphatic carbocycles. The van der Waals surface area contributed by atoms with Crippen molar-refractivity contribution < 1.29 is 4.74 Å². The lowest BCUT2D eigenvalue weighted by Gasteiger charge is -2.06. The predicted molar refractivity (Wildman–Crippen MR) is 84.2 cm³/mol. The number of methoxy groups -OCH3 is 1. The van der Waals surface area contributed by atoms with E-state index >= 15 is 0 Å². The SMILES string of the molecule is COc1ccccc1-c1nc(-c2ccccc2)n(N)c1N. The van der Waals surface area contributed by atoms with Crippen LogP contribution in [0.1, 0.15) is 0 Å². The standard InChI is InChI=1S/C16H16N4O/c1-21-13-10-6-5-9-12(13)14-15(17)20(18)16(19-14)11-7-3-2-4-8-11/h2-10H,17-18H2,1H3. The number of nitrogens with zero attached hydrogens (tertiary/aromatic N) is 2. The third-order valence-corrected chi connectivity index (χ3v) is 3.34. The Balaban J connectivity index is 2.18. The van der Waals surface area contributed by atoms with E-state index in [2.05, 4.69) is 4.98 Å². The summed E-state index contributed by atoms with van der Waals surface area (Å²) in [5.41, 5.74) is 8.46. The molecule has 0 aliphatic rings. The maximum absolute atomic E-state index is 6.12. The second kappa shape index (κ2) is 5.20. The molecule has 3 aromatic rings. The third-order valence-electron chi connectivity index (χ3n) is 3.34. The van der Waals surface area contributed by atoms with E-state index in [1.807, 2.05) is 54.6 Å². The maximum Gasteiger partial charge on any atom is 0.160 e. The quantitative estimate of drug-likeness (QED) is 0.722. The summed E-state index contributed by atoms with van der Waals surface area (Å²) < 4.78 is 6.76. The average Bonchev–Trinajstić information content (AvgIpc) is 2.84. The van der Waals surface area contributed by atoms with Crippen LogP contribution in [-0.4, -0.2) is 16.8 Å². The molecule has 0 fully saturated rings. The van der Waals surface area contributed by atoms with Gasteiger partial charge in [0.25, 0.3) is 0 Å². The number of anilines is 1. The average molecular weight is 280 g/mol. The molecule has 0 unspecified atom stereocenters. The Morgan fingerprint density at radius 3 is 2.38 bits per heavy atom. The smallest absolute Gasteiger partial charge is 0.160 e. The van der Waals surface area contributed by atoms with E-state index in [4.69, 9.17) is 16.3 Å². The van der Waals surface area contributed by atoms with E-state index < -0.39 is 0 Å². The molecule has 0 radical (unpaired) electrons. The number of ether oxygens (including phenoxy) is 1. The van der Waals surface area contributed by atoms with Gasteiger partial charge in [-0.2, -0.15) is 0 Å². The van der Waals surface area contributed by atoms with Crippen molar-refractivity contribution in [1.29, 1.82) is 0 Å². The first kappa shape index (κ1) is 13.1. The van der Waals surface area contributed by atoms with Gasteiger partial charge in [0.2, 0.25) is 0 Å². The monoisotopic (exact) mass is 280 g/mol. The first-order chi connectivity index (χ1) is 10.2. The summed E-state index contributed by atoms with van der Waals surface area (Å²) in [5, 5.41) is 0. The van der Waals surface area contributed by atoms with Gasteiger partial charge in [-0.15, -0.1) is 0 Å². The molecule has 3 rings (SSSR count). The zero-order valence-corrected chi connectivity index (χ0v) is 11.7. The normalized spacial score (nSPS) is 10.5. The predicted octanol–water partition coefficient (Wildman–Crippen LogP) is 2.52. The van der Waals surface area contributed by atoms with Crippen LogP contribution >= 0.6 is 0 Å². The highest BCUT2D eigenvalue weighted by Gasteiger charge is 2.18. The summed E-state index contributed by atoms with van der Waals surface area (Å²) in [6.07, 6.45) is 0. The lowest BCUT2D eigenvalue weighted by molar-refractivity contribution is 0.416. The number of nitrogens with two attached hydrogens (primary N) is 2. The topological polar surface area (TPSA) is 79.1 Å². The first-order valence-corrected chi connectivity index (χ1v) is 6.54. The van der Waals surface area contributed by atoms with E-state index in [0.29, 0.717) is 23.1 Å². The van der Waals surface area contributed by atoms with Crippen molar-refractivity contribution in [1.82, 2.24) is 9.66 Å². The molecule has 0 spiro atoms. The van der Waals surface area contributed by atoms with Crippen LogP contribution in [0.4, 0.5) is 5.82 Å². The Morgan fingerprint density at radius 2 is 1.67 bits per heavy atom. The summed E-state index contributed by atoms with van der Waals surface area (Å²) >= 11 is 0. The number of rotatable bonds is 3. The van der Waals surface area contributed by atoms with Crippen molar-refractivity contribution in [2.45, 2.75) is 0 Å². The molecular formula is C16H16N4O. The van der Waals surface area contributed by atoms with Crippen molar-refractivity contribution >= 4 is 5.82 Å². The number of para-hydroxylation sites is 1. The van der Waals surface area contributed by atoms with Crippen molar-refractivity contribution in [3.8, 4) is 28.4 Å². The van der Waals surface area contributed by atoms with Crippen molar-refractivity contribution in [3.63, 3.8) is 0 Å². The molecule has 5 heteroatoms. The molecule has 0 saturated carbocycles. The van der Waals surface area contributed by atoms with Crippen LogP contribution in [0.3, 0.4) is 0 Å². The van der Waals surface area contributed by atoms with Crippen LogP contribution in [0.2, 0.25) is 0 Å². The zero-order valence-electron chi connectivity index (χ0n) is 11.7. The van der Waals surface area contributed by atoms with Gasteiger partial charge in [-0.3, -0.25) is 0 Å². The largest absolute Gasteiger partial charge is 0.496 e. The molecule has 5 nitrogen and oxygen atoms in total. The molecule has 0 aliphatic heterocycles. The molecule has 0 saturated heterocycles. The molecule has 0 amide bonds. The molecule has 1 heterocycles. The fraction of sp³-hybridized carbons (Fsp3) is 0.0625. The van der Waals surface area contributed by atoms with E-state index in [1.165, 1.54) is 4.68 Å². The highest BCUT2D eigenvalue weighted by molar-refractivity contribution is 5.79. The van der Waals surface area contributed by atoms with Gasteiger partial charge in [0.05, 0.1) is 7.11 Å². The minimum Gasteiger partial charge on any atom is -0.496 e. The molecule has 4 N–H and O–H groups in total. The lowest BCUT2D eigenvalue weighted by atomic mass is 10.1. The molecular weight excluding hydrogens is 264 g/mol. The number of hydrogen-bond donors (Lipinski definition) is 2. The number of nitrogen functional groups attached to an aromatic ring is 2. The Morgan fingerprint density at radius 1 is 1.00 bits per heavy atom. The van der Waals surface area contributed by atoms with E-state index in [9.17, 15) is 0 Å². The molecule has 2 aromatic carbocycles. The number of aromatic nitrogens is 2. The Hall–Kier alpha value is -2.95. The maximum atomic E-state index is 6.12. The fourth-order valence-electron chi connectivity index (χ4n) is 2.27. The number of hydrogen-bond acceptors (Lipinski definition) is 4. The Bertz CT molecular complexity index is 765. The Labute approximate surface area is 122 Å².